The Balaban J connectivity index is 2.96. The van der Waals surface area contributed by atoms with Gasteiger partial charge in [-0.2, -0.15) is 0 Å². The maximum absolute atomic E-state index is 12.3. The van der Waals surface area contributed by atoms with Crippen molar-refractivity contribution < 1.29 is 9.59 Å². The molecule has 1 atom stereocenters. The third-order valence-electron chi connectivity index (χ3n) is 3.40. The van der Waals surface area contributed by atoms with E-state index in [1.54, 1.807) is 24.3 Å². The molecule has 1 rings (SSSR count). The normalized spacial score (nSPS) is 12.7. The minimum absolute atomic E-state index is 0.0114. The van der Waals surface area contributed by atoms with Crippen LogP contribution in [0.4, 0.5) is 0 Å². The highest BCUT2D eigenvalue weighted by Crippen LogP contribution is 2.19. The van der Waals surface area contributed by atoms with Crippen LogP contribution in [0.25, 0.3) is 0 Å². The van der Waals surface area contributed by atoms with Crippen molar-refractivity contribution in [1.29, 1.82) is 0 Å². The van der Waals surface area contributed by atoms with Crippen molar-refractivity contribution in [3.63, 3.8) is 0 Å². The van der Waals surface area contributed by atoms with Gasteiger partial charge in [0.2, 0.25) is 0 Å². The Hall–Kier alpha value is -1.84. The molecule has 0 bridgehead atoms. The quantitative estimate of drug-likeness (QED) is 0.888. The van der Waals surface area contributed by atoms with Gasteiger partial charge in [-0.3, -0.25) is 9.59 Å². The zero-order valence-corrected chi connectivity index (χ0v) is 12.9. The smallest absolute Gasteiger partial charge is 0.252 e. The van der Waals surface area contributed by atoms with Gasteiger partial charge in [-0.05, 0) is 31.4 Å². The van der Waals surface area contributed by atoms with E-state index < -0.39 is 0 Å². The lowest BCUT2D eigenvalue weighted by Crippen LogP contribution is -2.42. The van der Waals surface area contributed by atoms with Gasteiger partial charge >= 0.3 is 0 Å². The molecule has 0 radical (unpaired) electrons. The van der Waals surface area contributed by atoms with Gasteiger partial charge in [-0.15, -0.1) is 0 Å². The SMILES string of the molecule is CCNC(=O)c1ccccc1C(=O)NC(C)C(C)(C)C. The first-order valence-electron chi connectivity index (χ1n) is 6.95. The third kappa shape index (κ3) is 4.08. The molecule has 0 fully saturated rings. The number of carbonyl (C=O) groups is 2. The van der Waals surface area contributed by atoms with Crippen LogP contribution in [0.2, 0.25) is 0 Å². The Morgan fingerprint density at radius 1 is 1.10 bits per heavy atom. The summed E-state index contributed by atoms with van der Waals surface area (Å²) in [5.74, 6) is -0.434. The fourth-order valence-corrected chi connectivity index (χ4v) is 1.63. The Labute approximate surface area is 121 Å². The third-order valence-corrected chi connectivity index (χ3v) is 3.40. The first kappa shape index (κ1) is 16.2. The maximum Gasteiger partial charge on any atom is 0.252 e. The molecule has 20 heavy (non-hydrogen) atoms. The first-order valence-corrected chi connectivity index (χ1v) is 6.95. The molecule has 110 valence electrons. The molecule has 0 aliphatic rings. The zero-order valence-electron chi connectivity index (χ0n) is 12.9. The number of benzene rings is 1. The van der Waals surface area contributed by atoms with Gasteiger partial charge in [-0.1, -0.05) is 32.9 Å². The van der Waals surface area contributed by atoms with Crippen LogP contribution in [-0.4, -0.2) is 24.4 Å². The molecule has 2 N–H and O–H groups in total. The Morgan fingerprint density at radius 3 is 2.05 bits per heavy atom. The molecule has 0 heterocycles. The van der Waals surface area contributed by atoms with Crippen LogP contribution in [-0.2, 0) is 0 Å². The van der Waals surface area contributed by atoms with Crippen LogP contribution in [0.5, 0.6) is 0 Å². The van der Waals surface area contributed by atoms with E-state index in [9.17, 15) is 9.59 Å². The number of hydrogen-bond acceptors (Lipinski definition) is 2. The summed E-state index contributed by atoms with van der Waals surface area (Å²) in [4.78, 5) is 24.3. The molecule has 1 aromatic carbocycles. The van der Waals surface area contributed by atoms with E-state index in [1.165, 1.54) is 0 Å². The zero-order chi connectivity index (χ0) is 15.3. The van der Waals surface area contributed by atoms with Crippen LogP contribution in [0.15, 0.2) is 24.3 Å². The van der Waals surface area contributed by atoms with E-state index in [0.29, 0.717) is 17.7 Å². The molecular weight excluding hydrogens is 252 g/mol. The van der Waals surface area contributed by atoms with Crippen LogP contribution in [0.3, 0.4) is 0 Å². The summed E-state index contributed by atoms with van der Waals surface area (Å²) in [7, 11) is 0. The van der Waals surface area contributed by atoms with E-state index in [-0.39, 0.29) is 23.3 Å². The Kier molecular flexibility index (Phi) is 5.31. The molecular formula is C16H24N2O2. The summed E-state index contributed by atoms with van der Waals surface area (Å²) in [6, 6.07) is 6.88. The monoisotopic (exact) mass is 276 g/mol. The molecule has 2 amide bonds. The number of rotatable bonds is 4. The molecule has 1 unspecified atom stereocenters. The van der Waals surface area contributed by atoms with E-state index >= 15 is 0 Å². The fraction of sp³-hybridized carbons (Fsp3) is 0.500. The molecule has 0 spiro atoms. The second-order valence-corrected chi connectivity index (χ2v) is 5.97. The van der Waals surface area contributed by atoms with Gasteiger partial charge in [0.1, 0.15) is 0 Å². The predicted molar refractivity (Wildman–Crippen MR) is 80.8 cm³/mol. The van der Waals surface area contributed by atoms with Crippen LogP contribution < -0.4 is 10.6 Å². The second kappa shape index (κ2) is 6.55. The van der Waals surface area contributed by atoms with Crippen molar-refractivity contribution in [1.82, 2.24) is 10.6 Å². The first-order chi connectivity index (χ1) is 9.27. The Morgan fingerprint density at radius 2 is 1.60 bits per heavy atom. The summed E-state index contributed by atoms with van der Waals surface area (Å²) in [6.45, 7) is 10.5. The maximum atomic E-state index is 12.3. The minimum Gasteiger partial charge on any atom is -0.352 e. The number of hydrogen-bond donors (Lipinski definition) is 2. The lowest BCUT2D eigenvalue weighted by Gasteiger charge is -2.28. The van der Waals surface area contributed by atoms with E-state index in [2.05, 4.69) is 31.4 Å². The topological polar surface area (TPSA) is 58.2 Å². The van der Waals surface area contributed by atoms with E-state index in [1.807, 2.05) is 13.8 Å². The lowest BCUT2D eigenvalue weighted by molar-refractivity contribution is 0.0891. The number of nitrogens with one attached hydrogen (secondary N) is 2. The summed E-state index contributed by atoms with van der Waals surface area (Å²) in [5.41, 5.74) is 0.790. The van der Waals surface area contributed by atoms with Gasteiger partial charge in [-0.25, -0.2) is 0 Å². The summed E-state index contributed by atoms with van der Waals surface area (Å²) in [6.07, 6.45) is 0. The van der Waals surface area contributed by atoms with Gasteiger partial charge in [0.25, 0.3) is 11.8 Å². The molecule has 0 aliphatic heterocycles. The highest BCUT2D eigenvalue weighted by molar-refractivity contribution is 6.07. The fourth-order valence-electron chi connectivity index (χ4n) is 1.63. The van der Waals surface area contributed by atoms with Gasteiger partial charge < -0.3 is 10.6 Å². The Bertz CT molecular complexity index is 489. The lowest BCUT2D eigenvalue weighted by atomic mass is 9.88. The average Bonchev–Trinajstić information content (AvgIpc) is 2.37. The molecule has 1 aromatic rings. The van der Waals surface area contributed by atoms with Crippen LogP contribution in [0.1, 0.15) is 55.3 Å². The highest BCUT2D eigenvalue weighted by Gasteiger charge is 2.24. The largest absolute Gasteiger partial charge is 0.352 e. The molecule has 0 aromatic heterocycles. The molecule has 0 saturated heterocycles. The van der Waals surface area contributed by atoms with Crippen molar-refractivity contribution in [2.75, 3.05) is 6.54 Å². The standard InChI is InChI=1S/C16H24N2O2/c1-6-17-14(19)12-9-7-8-10-13(12)15(20)18-11(2)16(3,4)5/h7-11H,6H2,1-5H3,(H,17,19)(H,18,20). The minimum atomic E-state index is -0.221. The molecule has 0 saturated carbocycles. The van der Waals surface area contributed by atoms with Crippen LogP contribution in [0, 0.1) is 5.41 Å². The summed E-state index contributed by atoms with van der Waals surface area (Å²) >= 11 is 0. The van der Waals surface area contributed by atoms with Crippen molar-refractivity contribution in [2.45, 2.75) is 40.7 Å². The van der Waals surface area contributed by atoms with Crippen molar-refractivity contribution in [3.05, 3.63) is 35.4 Å². The number of amides is 2. The molecule has 4 heteroatoms. The van der Waals surface area contributed by atoms with Gasteiger partial charge in [0.15, 0.2) is 0 Å². The summed E-state index contributed by atoms with van der Waals surface area (Å²) in [5, 5.41) is 5.68. The van der Waals surface area contributed by atoms with Crippen molar-refractivity contribution in [3.8, 4) is 0 Å². The van der Waals surface area contributed by atoms with Crippen molar-refractivity contribution >= 4 is 11.8 Å². The van der Waals surface area contributed by atoms with Gasteiger partial charge in [0, 0.05) is 12.6 Å². The summed E-state index contributed by atoms with van der Waals surface area (Å²) < 4.78 is 0. The van der Waals surface area contributed by atoms with Crippen LogP contribution >= 0.6 is 0 Å². The average molecular weight is 276 g/mol. The molecule has 0 aliphatic carbocycles. The highest BCUT2D eigenvalue weighted by atomic mass is 16.2. The number of carbonyl (C=O) groups excluding carboxylic acids is 2. The van der Waals surface area contributed by atoms with Gasteiger partial charge in [0.05, 0.1) is 11.1 Å². The van der Waals surface area contributed by atoms with E-state index in [4.69, 9.17) is 0 Å². The molecule has 4 nitrogen and oxygen atoms in total. The van der Waals surface area contributed by atoms with E-state index in [0.717, 1.165) is 0 Å². The second-order valence-electron chi connectivity index (χ2n) is 5.97. The van der Waals surface area contributed by atoms with Crippen molar-refractivity contribution in [2.24, 2.45) is 5.41 Å². The predicted octanol–water partition coefficient (Wildman–Crippen LogP) is 2.60.